The van der Waals surface area contributed by atoms with Gasteiger partial charge in [0.1, 0.15) is 17.7 Å². The van der Waals surface area contributed by atoms with Crippen LogP contribution in [0.5, 0.6) is 0 Å². The maximum Gasteiger partial charge on any atom is 0.251 e. The second-order valence-corrected chi connectivity index (χ2v) is 5.28. The largest absolute Gasteiger partial charge is 0.369 e. The van der Waals surface area contributed by atoms with Gasteiger partial charge in [-0.25, -0.2) is 9.37 Å². The molecule has 1 N–H and O–H groups in total. The van der Waals surface area contributed by atoms with Gasteiger partial charge >= 0.3 is 0 Å². The number of H-pyrrole nitrogens is 1. The monoisotopic (exact) mass is 304 g/mol. The van der Waals surface area contributed by atoms with Crippen LogP contribution < -0.4 is 5.56 Å². The lowest BCUT2D eigenvalue weighted by atomic mass is 10.2. The summed E-state index contributed by atoms with van der Waals surface area (Å²) >= 11 is 0. The van der Waals surface area contributed by atoms with Crippen molar-refractivity contribution in [3.05, 3.63) is 57.8 Å². The average Bonchev–Trinajstić information content (AvgIpc) is 2.49. The zero-order valence-electron chi connectivity index (χ0n) is 12.3. The number of halogens is 1. The Hall–Kier alpha value is -2.12. The molecule has 0 aliphatic carbocycles. The van der Waals surface area contributed by atoms with Crippen LogP contribution in [0.15, 0.2) is 29.2 Å². The third-order valence-electron chi connectivity index (χ3n) is 3.57. The molecule has 0 saturated carbocycles. The fourth-order valence-corrected chi connectivity index (χ4v) is 2.54. The summed E-state index contributed by atoms with van der Waals surface area (Å²) in [5, 5.41) is 0. The smallest absolute Gasteiger partial charge is 0.251 e. The molecule has 2 aromatic heterocycles. The van der Waals surface area contributed by atoms with Gasteiger partial charge in [-0.15, -0.1) is 0 Å². The Labute approximate surface area is 127 Å². The van der Waals surface area contributed by atoms with Crippen molar-refractivity contribution in [2.45, 2.75) is 19.6 Å². The van der Waals surface area contributed by atoms with Crippen LogP contribution in [0.3, 0.4) is 0 Å². The Kier molecular flexibility index (Phi) is 4.26. The number of aromatic amines is 1. The quantitative estimate of drug-likeness (QED) is 0.922. The molecular weight excluding hydrogens is 287 g/mol. The zero-order chi connectivity index (χ0) is 15.5. The number of pyridine rings is 1. The summed E-state index contributed by atoms with van der Waals surface area (Å²) in [6, 6.07) is 4.42. The second-order valence-electron chi connectivity index (χ2n) is 5.28. The summed E-state index contributed by atoms with van der Waals surface area (Å²) in [6.07, 6.45) is 1.29. The van der Waals surface area contributed by atoms with Crippen molar-refractivity contribution in [1.29, 1.82) is 0 Å². The lowest BCUT2D eigenvalue weighted by Crippen LogP contribution is -2.38. The minimum absolute atomic E-state index is 0.195. The van der Waals surface area contributed by atoms with Crippen molar-refractivity contribution in [2.75, 3.05) is 19.7 Å². The number of rotatable bonds is 3. The van der Waals surface area contributed by atoms with Crippen molar-refractivity contribution in [3.63, 3.8) is 0 Å². The highest BCUT2D eigenvalue weighted by Crippen LogP contribution is 2.21. The summed E-state index contributed by atoms with van der Waals surface area (Å²) < 4.78 is 19.4. The fraction of sp³-hybridized carbons (Fsp3) is 0.400. The van der Waals surface area contributed by atoms with Gasteiger partial charge in [-0.05, 0) is 19.1 Å². The number of aryl methyl sites for hydroxylation is 1. The standard InChI is InChI=1S/C15H17FN4O2/c1-10-18-12(7-15(21)19-10)14-9-20(5-6-22-14)8-13-11(16)3-2-4-17-13/h2-4,7,14H,5-6,8-9H2,1H3,(H,18,19,21)/t14-/m0/s1. The normalized spacial score (nSPS) is 19.3. The maximum atomic E-state index is 13.7. The van der Waals surface area contributed by atoms with E-state index in [9.17, 15) is 9.18 Å². The molecule has 3 heterocycles. The zero-order valence-corrected chi connectivity index (χ0v) is 12.3. The van der Waals surface area contributed by atoms with E-state index in [-0.39, 0.29) is 17.5 Å². The van der Waals surface area contributed by atoms with E-state index in [0.717, 1.165) is 0 Å². The first kappa shape index (κ1) is 14.8. The van der Waals surface area contributed by atoms with Crippen LogP contribution in [0, 0.1) is 12.7 Å². The molecule has 0 amide bonds. The number of aromatic nitrogens is 3. The van der Waals surface area contributed by atoms with Crippen LogP contribution in [0.4, 0.5) is 4.39 Å². The van der Waals surface area contributed by atoms with E-state index in [1.807, 2.05) is 0 Å². The Balaban J connectivity index is 1.74. The van der Waals surface area contributed by atoms with E-state index in [0.29, 0.717) is 43.5 Å². The van der Waals surface area contributed by atoms with Crippen LogP contribution >= 0.6 is 0 Å². The predicted octanol–water partition coefficient (Wildman–Crippen LogP) is 1.19. The van der Waals surface area contributed by atoms with Crippen molar-refractivity contribution in [1.82, 2.24) is 19.9 Å². The Bertz CT molecular complexity index is 719. The Morgan fingerprint density at radius 3 is 3.18 bits per heavy atom. The number of hydrogen-bond donors (Lipinski definition) is 1. The highest BCUT2D eigenvalue weighted by Gasteiger charge is 2.24. The third kappa shape index (κ3) is 3.37. The molecule has 0 spiro atoms. The molecule has 0 aromatic carbocycles. The molecule has 7 heteroatoms. The fourth-order valence-electron chi connectivity index (χ4n) is 2.54. The summed E-state index contributed by atoms with van der Waals surface area (Å²) in [7, 11) is 0. The average molecular weight is 304 g/mol. The topological polar surface area (TPSA) is 71.1 Å². The van der Waals surface area contributed by atoms with Gasteiger partial charge in [-0.2, -0.15) is 0 Å². The molecule has 1 fully saturated rings. The lowest BCUT2D eigenvalue weighted by molar-refractivity contribution is -0.0358. The van der Waals surface area contributed by atoms with Gasteiger partial charge in [0.25, 0.3) is 5.56 Å². The molecule has 22 heavy (non-hydrogen) atoms. The molecule has 0 bridgehead atoms. The minimum Gasteiger partial charge on any atom is -0.369 e. The SMILES string of the molecule is Cc1nc([C@@H]2CN(Cc3ncccc3F)CCO2)cc(=O)[nH]1. The summed E-state index contributed by atoms with van der Waals surface area (Å²) in [6.45, 7) is 3.89. The summed E-state index contributed by atoms with van der Waals surface area (Å²) in [5.74, 6) is 0.245. The third-order valence-corrected chi connectivity index (χ3v) is 3.57. The highest BCUT2D eigenvalue weighted by molar-refractivity contribution is 5.09. The van der Waals surface area contributed by atoms with Gasteiger partial charge in [-0.3, -0.25) is 14.7 Å². The molecule has 3 rings (SSSR count). The lowest BCUT2D eigenvalue weighted by Gasteiger charge is -2.32. The highest BCUT2D eigenvalue weighted by atomic mass is 19.1. The van der Waals surface area contributed by atoms with Crippen molar-refractivity contribution >= 4 is 0 Å². The van der Waals surface area contributed by atoms with E-state index in [1.165, 1.54) is 12.1 Å². The van der Waals surface area contributed by atoms with Crippen LogP contribution in [0.25, 0.3) is 0 Å². The number of hydrogen-bond acceptors (Lipinski definition) is 5. The summed E-state index contributed by atoms with van der Waals surface area (Å²) in [4.78, 5) is 24.6. The molecule has 0 unspecified atom stereocenters. The number of morpholine rings is 1. The molecule has 1 atom stereocenters. The van der Waals surface area contributed by atoms with E-state index in [4.69, 9.17) is 4.74 Å². The van der Waals surface area contributed by atoms with E-state index < -0.39 is 0 Å². The van der Waals surface area contributed by atoms with Crippen LogP contribution in [0.1, 0.15) is 23.3 Å². The van der Waals surface area contributed by atoms with Crippen molar-refractivity contribution in [3.8, 4) is 0 Å². The first-order valence-electron chi connectivity index (χ1n) is 7.13. The molecule has 1 aliphatic rings. The number of ether oxygens (including phenoxy) is 1. The van der Waals surface area contributed by atoms with E-state index in [2.05, 4.69) is 19.9 Å². The number of nitrogens with zero attached hydrogens (tertiary/aromatic N) is 3. The Morgan fingerprint density at radius 1 is 1.55 bits per heavy atom. The minimum atomic E-state index is -0.310. The van der Waals surface area contributed by atoms with Gasteiger partial charge < -0.3 is 9.72 Å². The molecule has 2 aromatic rings. The predicted molar refractivity (Wildman–Crippen MR) is 77.8 cm³/mol. The first-order valence-corrected chi connectivity index (χ1v) is 7.13. The second kappa shape index (κ2) is 6.33. The van der Waals surface area contributed by atoms with Gasteiger partial charge in [0.2, 0.25) is 0 Å². The molecule has 1 aliphatic heterocycles. The van der Waals surface area contributed by atoms with Gasteiger partial charge in [-0.1, -0.05) is 0 Å². The van der Waals surface area contributed by atoms with Crippen molar-refractivity contribution in [2.24, 2.45) is 0 Å². The number of nitrogens with one attached hydrogen (secondary N) is 1. The van der Waals surface area contributed by atoms with E-state index in [1.54, 1.807) is 19.2 Å². The first-order chi connectivity index (χ1) is 10.6. The van der Waals surface area contributed by atoms with Crippen LogP contribution in [0.2, 0.25) is 0 Å². The van der Waals surface area contributed by atoms with Gasteiger partial charge in [0.15, 0.2) is 0 Å². The molecule has 0 radical (unpaired) electrons. The summed E-state index contributed by atoms with van der Waals surface area (Å²) in [5.41, 5.74) is 0.824. The van der Waals surface area contributed by atoms with Gasteiger partial charge in [0, 0.05) is 31.9 Å². The van der Waals surface area contributed by atoms with Crippen molar-refractivity contribution < 1.29 is 9.13 Å². The van der Waals surface area contributed by atoms with Crippen LogP contribution in [-0.4, -0.2) is 39.5 Å². The molecule has 6 nitrogen and oxygen atoms in total. The molecular formula is C15H17FN4O2. The van der Waals surface area contributed by atoms with Gasteiger partial charge in [0.05, 0.1) is 18.0 Å². The van der Waals surface area contributed by atoms with Crippen LogP contribution in [-0.2, 0) is 11.3 Å². The maximum absolute atomic E-state index is 13.7. The van der Waals surface area contributed by atoms with E-state index >= 15 is 0 Å². The Morgan fingerprint density at radius 2 is 2.41 bits per heavy atom. The molecule has 1 saturated heterocycles. The molecule has 116 valence electrons.